The van der Waals surface area contributed by atoms with Gasteiger partial charge in [-0.3, -0.25) is 19.8 Å². The van der Waals surface area contributed by atoms with Gasteiger partial charge in [-0.15, -0.1) is 0 Å². The molecule has 2 aromatic rings. The summed E-state index contributed by atoms with van der Waals surface area (Å²) in [5, 5.41) is 21.8. The molecular formula is C24H28N2O5S2. The lowest BCUT2D eigenvalue weighted by molar-refractivity contribution is -0.384. The Morgan fingerprint density at radius 3 is 2.24 bits per heavy atom. The van der Waals surface area contributed by atoms with Crippen LogP contribution >= 0.6 is 24.8 Å². The second kappa shape index (κ2) is 9.79. The Morgan fingerprint density at radius 2 is 1.73 bits per heavy atom. The molecule has 0 spiro atoms. The highest BCUT2D eigenvalue weighted by Crippen LogP contribution is 2.42. The number of nitrogens with zero attached hydrogens (tertiary/aromatic N) is 2. The lowest BCUT2D eigenvalue weighted by Gasteiger charge is -2.36. The number of hydrogen-bond donors (Lipinski definition) is 2. The van der Waals surface area contributed by atoms with E-state index in [0.717, 1.165) is 5.56 Å². The van der Waals surface area contributed by atoms with E-state index >= 15 is 0 Å². The van der Waals surface area contributed by atoms with Gasteiger partial charge in [0.2, 0.25) is 5.91 Å². The van der Waals surface area contributed by atoms with Crippen molar-refractivity contribution in [1.82, 2.24) is 4.90 Å². The number of nitro groups is 1. The van der Waals surface area contributed by atoms with E-state index in [0.29, 0.717) is 5.56 Å². The Labute approximate surface area is 204 Å². The number of carbonyl (C=O) groups is 1. The van der Waals surface area contributed by atoms with E-state index in [2.05, 4.69) is 0 Å². The molecule has 0 saturated carbocycles. The molecule has 1 aliphatic heterocycles. The zero-order valence-corrected chi connectivity index (χ0v) is 20.6. The monoisotopic (exact) mass is 488 g/mol. The summed E-state index contributed by atoms with van der Waals surface area (Å²) in [6, 6.07) is 14.4. The van der Waals surface area contributed by atoms with Crippen LogP contribution in [-0.4, -0.2) is 37.7 Å². The van der Waals surface area contributed by atoms with Gasteiger partial charge in [0.1, 0.15) is 5.60 Å². The number of thiol groups is 1. The first kappa shape index (κ1) is 25.1. The average molecular weight is 489 g/mol. The number of non-ortho nitro benzene ring substituents is 1. The Morgan fingerprint density at radius 1 is 1.15 bits per heavy atom. The zero-order valence-electron chi connectivity index (χ0n) is 18.9. The van der Waals surface area contributed by atoms with Crippen molar-refractivity contribution in [1.29, 1.82) is 0 Å². The van der Waals surface area contributed by atoms with Crippen molar-refractivity contribution < 1.29 is 19.6 Å². The average Bonchev–Trinajstić information content (AvgIpc) is 3.02. The minimum atomic E-state index is -1.28. The van der Waals surface area contributed by atoms with Crippen LogP contribution in [0.25, 0.3) is 0 Å². The summed E-state index contributed by atoms with van der Waals surface area (Å²) >= 11 is 10.2. The van der Waals surface area contributed by atoms with Crippen LogP contribution in [0.1, 0.15) is 50.2 Å². The smallest absolute Gasteiger partial charge is 0.269 e. The first-order chi connectivity index (χ1) is 15.5. The van der Waals surface area contributed by atoms with Crippen molar-refractivity contribution >= 4 is 41.6 Å². The molecule has 3 rings (SSSR count). The maximum absolute atomic E-state index is 14.0. The van der Waals surface area contributed by atoms with Crippen molar-refractivity contribution in [2.45, 2.75) is 50.7 Å². The minimum Gasteiger partial charge on any atom is -0.462 e. The van der Waals surface area contributed by atoms with Crippen molar-refractivity contribution in [2.75, 3.05) is 0 Å². The normalized spacial score (nSPS) is 20.3. The third-order valence-electron chi connectivity index (χ3n) is 5.96. The fourth-order valence-corrected chi connectivity index (χ4v) is 5.43. The molecule has 4 atom stereocenters. The summed E-state index contributed by atoms with van der Waals surface area (Å²) in [6.07, 6.45) is -1.28. The second-order valence-electron chi connectivity index (χ2n) is 9.04. The van der Waals surface area contributed by atoms with Gasteiger partial charge in [0.15, 0.2) is 0 Å². The maximum atomic E-state index is 14.0. The third-order valence-corrected chi connectivity index (χ3v) is 6.86. The van der Waals surface area contributed by atoms with Gasteiger partial charge < -0.3 is 9.84 Å². The number of thiocarbonyl (C=S) groups is 1. The number of aliphatic hydroxyl groups excluding tert-OH is 1. The van der Waals surface area contributed by atoms with Gasteiger partial charge >= 0.3 is 0 Å². The number of nitro benzene ring substituents is 1. The molecule has 33 heavy (non-hydrogen) atoms. The van der Waals surface area contributed by atoms with Crippen LogP contribution in [0.4, 0.5) is 5.69 Å². The summed E-state index contributed by atoms with van der Waals surface area (Å²) < 4.78 is 5.87. The Kier molecular flexibility index (Phi) is 7.45. The first-order valence-electron chi connectivity index (χ1n) is 10.7. The van der Waals surface area contributed by atoms with Gasteiger partial charge in [0, 0.05) is 17.4 Å². The third kappa shape index (κ3) is 5.05. The molecular weight excluding hydrogens is 460 g/mol. The number of aliphatic hydroxyl groups is 1. The summed E-state index contributed by atoms with van der Waals surface area (Å²) in [4.78, 5) is 26.0. The van der Waals surface area contributed by atoms with Crippen LogP contribution in [0.2, 0.25) is 0 Å². The lowest BCUT2D eigenvalue weighted by atomic mass is 9.85. The number of rotatable bonds is 7. The highest BCUT2D eigenvalue weighted by molar-refractivity contribution is 7.80. The topological polar surface area (TPSA) is 92.9 Å². The number of hydrogen-bond acceptors (Lipinski definition) is 7. The molecule has 0 radical (unpaired) electrons. The van der Waals surface area contributed by atoms with Crippen molar-refractivity contribution in [2.24, 2.45) is 11.8 Å². The number of ether oxygens (including phenoxy) is 1. The van der Waals surface area contributed by atoms with E-state index < -0.39 is 33.7 Å². The molecule has 1 fully saturated rings. The van der Waals surface area contributed by atoms with Crippen LogP contribution in [0, 0.1) is 22.0 Å². The maximum Gasteiger partial charge on any atom is 0.269 e. The van der Waals surface area contributed by atoms with Crippen LogP contribution in [-0.2, 0) is 9.53 Å². The summed E-state index contributed by atoms with van der Waals surface area (Å²) in [5.74, 6) is -1.38. The largest absolute Gasteiger partial charge is 0.462 e. The molecule has 1 saturated heterocycles. The van der Waals surface area contributed by atoms with Crippen LogP contribution in [0.3, 0.4) is 0 Å². The van der Waals surface area contributed by atoms with Crippen LogP contribution in [0.5, 0.6) is 0 Å². The fraction of sp³-hybridized carbons (Fsp3) is 0.417. The minimum absolute atomic E-state index is 0.0386. The Balaban J connectivity index is 2.05. The molecule has 0 bridgehead atoms. The van der Waals surface area contributed by atoms with E-state index in [1.54, 1.807) is 0 Å². The molecule has 1 N–H and O–H groups in total. The molecule has 0 unspecified atom stereocenters. The molecule has 1 heterocycles. The van der Waals surface area contributed by atoms with Crippen LogP contribution < -0.4 is 0 Å². The first-order valence-corrected chi connectivity index (χ1v) is 11.6. The number of carbonyl (C=O) groups excluding carboxylic acids is 1. The molecule has 2 aromatic carbocycles. The van der Waals surface area contributed by atoms with Gasteiger partial charge in [0.05, 0.1) is 23.0 Å². The standard InChI is InChI=1S/C24H28N2O5S2/c1-14(2)21-24(3,4)31-23(33)25(21)22(28)18(20(32)16-8-6-5-7-9-16)19(27)15-10-12-17(13-11-15)26(29)30/h5-14,18-21,27,32H,1-4H3/t18-,19+,20-,21+/m1/s1. The second-order valence-corrected chi connectivity index (χ2v) is 9.95. The summed E-state index contributed by atoms with van der Waals surface area (Å²) in [6.45, 7) is 7.74. The van der Waals surface area contributed by atoms with Gasteiger partial charge in [-0.2, -0.15) is 12.6 Å². The predicted molar refractivity (Wildman–Crippen MR) is 133 cm³/mol. The van der Waals surface area contributed by atoms with Crippen molar-refractivity contribution in [3.63, 3.8) is 0 Å². The number of benzene rings is 2. The van der Waals surface area contributed by atoms with E-state index in [9.17, 15) is 20.0 Å². The summed E-state index contributed by atoms with van der Waals surface area (Å²) in [5.41, 5.74) is 0.338. The van der Waals surface area contributed by atoms with E-state index in [1.807, 2.05) is 58.0 Å². The van der Waals surface area contributed by atoms with Crippen molar-refractivity contribution in [3.05, 3.63) is 75.8 Å². The SMILES string of the molecule is CC(C)[C@@H]1N(C(=O)[C@@H]([C@H](S)c2ccccc2)[C@@H](O)c2ccc([N+](=O)[O-])cc2)C(=S)OC1(C)C. The summed E-state index contributed by atoms with van der Waals surface area (Å²) in [7, 11) is 0. The van der Waals surface area contributed by atoms with Crippen LogP contribution in [0.15, 0.2) is 54.6 Å². The van der Waals surface area contributed by atoms with Gasteiger partial charge in [-0.1, -0.05) is 44.2 Å². The molecule has 1 amide bonds. The quantitative estimate of drug-likeness (QED) is 0.250. The van der Waals surface area contributed by atoms with Gasteiger partial charge in [-0.05, 0) is 55.2 Å². The molecule has 0 aliphatic carbocycles. The molecule has 176 valence electrons. The van der Waals surface area contributed by atoms with E-state index in [-0.39, 0.29) is 22.8 Å². The highest BCUT2D eigenvalue weighted by Gasteiger charge is 2.52. The van der Waals surface area contributed by atoms with Gasteiger partial charge in [0.25, 0.3) is 10.9 Å². The predicted octanol–water partition coefficient (Wildman–Crippen LogP) is 4.86. The molecule has 7 nitrogen and oxygen atoms in total. The Bertz CT molecular complexity index is 1030. The van der Waals surface area contributed by atoms with Crippen molar-refractivity contribution in [3.8, 4) is 0 Å². The lowest BCUT2D eigenvalue weighted by Crippen LogP contribution is -2.51. The van der Waals surface area contributed by atoms with E-state index in [4.69, 9.17) is 29.6 Å². The van der Waals surface area contributed by atoms with Gasteiger partial charge in [-0.25, -0.2) is 0 Å². The van der Waals surface area contributed by atoms with E-state index in [1.165, 1.54) is 29.2 Å². The molecule has 0 aromatic heterocycles. The fourth-order valence-electron chi connectivity index (χ4n) is 4.55. The highest BCUT2D eigenvalue weighted by atomic mass is 32.1. The molecule has 9 heteroatoms. The Hall–Kier alpha value is -2.49. The zero-order chi connectivity index (χ0) is 24.5. The molecule has 1 aliphatic rings. The number of amides is 1.